The minimum Gasteiger partial charge on any atom is -0.497 e. The summed E-state index contributed by atoms with van der Waals surface area (Å²) >= 11 is 0. The number of fused-ring (bicyclic) bond motifs is 1. The van der Waals surface area contributed by atoms with Crippen molar-refractivity contribution in [2.24, 2.45) is 0 Å². The van der Waals surface area contributed by atoms with Gasteiger partial charge in [0.25, 0.3) is 0 Å². The van der Waals surface area contributed by atoms with E-state index in [0.717, 1.165) is 22.2 Å². The molecule has 4 rings (SSSR count). The molecule has 0 aliphatic carbocycles. The maximum absolute atomic E-state index is 13.6. The molecule has 34 heavy (non-hydrogen) atoms. The van der Waals surface area contributed by atoms with Crippen molar-refractivity contribution in [3.8, 4) is 11.5 Å². The monoisotopic (exact) mass is 457 g/mol. The molecule has 0 spiro atoms. The van der Waals surface area contributed by atoms with Gasteiger partial charge in [-0.15, -0.1) is 0 Å². The van der Waals surface area contributed by atoms with Crippen molar-refractivity contribution in [1.29, 1.82) is 0 Å². The maximum atomic E-state index is 13.6. The predicted molar refractivity (Wildman–Crippen MR) is 131 cm³/mol. The highest BCUT2D eigenvalue weighted by Gasteiger charge is 2.30. The largest absolute Gasteiger partial charge is 0.497 e. The molecule has 174 valence electrons. The van der Waals surface area contributed by atoms with Crippen LogP contribution in [0.25, 0.3) is 10.9 Å². The van der Waals surface area contributed by atoms with E-state index in [0.29, 0.717) is 29.2 Å². The smallest absolute Gasteiger partial charge is 0.347 e. The summed E-state index contributed by atoms with van der Waals surface area (Å²) in [5.41, 5.74) is 2.51. The lowest BCUT2D eigenvalue weighted by Crippen LogP contribution is -2.37. The van der Waals surface area contributed by atoms with Gasteiger partial charge in [0, 0.05) is 29.3 Å². The summed E-state index contributed by atoms with van der Waals surface area (Å²) in [7, 11) is 1.59. The first-order chi connectivity index (χ1) is 16.2. The highest BCUT2D eigenvalue weighted by atomic mass is 16.5. The summed E-state index contributed by atoms with van der Waals surface area (Å²) < 4.78 is 13.1. The molecular weight excluding hydrogens is 430 g/mol. The van der Waals surface area contributed by atoms with Gasteiger partial charge in [-0.2, -0.15) is 0 Å². The highest BCUT2D eigenvalue weighted by Crippen LogP contribution is 2.33. The van der Waals surface area contributed by atoms with Crippen molar-refractivity contribution in [3.05, 3.63) is 95.2 Å². The first-order valence-corrected chi connectivity index (χ1v) is 11.0. The Balaban J connectivity index is 1.85. The van der Waals surface area contributed by atoms with Crippen LogP contribution in [0.1, 0.15) is 41.0 Å². The normalized spacial score (nSPS) is 11.4. The fraction of sp³-hybridized carbons (Fsp3) is 0.214. The molecule has 0 saturated carbocycles. The highest BCUT2D eigenvalue weighted by molar-refractivity contribution is 6.17. The Morgan fingerprint density at radius 1 is 0.941 bits per heavy atom. The second-order valence-corrected chi connectivity index (χ2v) is 8.69. The lowest BCUT2D eigenvalue weighted by molar-refractivity contribution is -0.152. The molecular formula is C28H27NO5. The Hall–Kier alpha value is -4.06. The number of carbonyl (C=O) groups excluding carboxylic acids is 1. The van der Waals surface area contributed by atoms with E-state index in [1.165, 1.54) is 13.8 Å². The predicted octanol–water partition coefficient (Wildman–Crippen LogP) is 5.48. The number of aliphatic carboxylic acids is 1. The van der Waals surface area contributed by atoms with Crippen molar-refractivity contribution in [2.45, 2.75) is 32.9 Å². The molecule has 1 aromatic heterocycles. The van der Waals surface area contributed by atoms with Gasteiger partial charge in [0.2, 0.25) is 0 Å². The summed E-state index contributed by atoms with van der Waals surface area (Å²) in [5, 5.41) is 10.3. The fourth-order valence-corrected chi connectivity index (χ4v) is 4.00. The topological polar surface area (TPSA) is 77.8 Å². The van der Waals surface area contributed by atoms with Gasteiger partial charge in [-0.1, -0.05) is 30.3 Å². The minimum absolute atomic E-state index is 0.0866. The number of hydrogen-bond acceptors (Lipinski definition) is 4. The van der Waals surface area contributed by atoms with Gasteiger partial charge in [-0.3, -0.25) is 4.79 Å². The number of carbonyl (C=O) groups is 2. The molecule has 0 atom stereocenters. The van der Waals surface area contributed by atoms with E-state index in [2.05, 4.69) is 4.57 Å². The Labute approximate surface area is 198 Å². The van der Waals surface area contributed by atoms with E-state index >= 15 is 0 Å². The Bertz CT molecular complexity index is 1350. The number of benzene rings is 3. The van der Waals surface area contributed by atoms with Gasteiger partial charge in [0.05, 0.1) is 18.2 Å². The molecule has 0 aliphatic heterocycles. The van der Waals surface area contributed by atoms with Gasteiger partial charge >= 0.3 is 5.97 Å². The van der Waals surface area contributed by atoms with E-state index in [1.807, 2.05) is 43.3 Å². The van der Waals surface area contributed by atoms with Crippen LogP contribution in [-0.2, 0) is 11.3 Å². The van der Waals surface area contributed by atoms with E-state index < -0.39 is 11.6 Å². The van der Waals surface area contributed by atoms with Crippen LogP contribution in [0.2, 0.25) is 0 Å². The molecule has 6 heteroatoms. The zero-order valence-electron chi connectivity index (χ0n) is 19.7. The lowest BCUT2D eigenvalue weighted by Gasteiger charge is -2.21. The molecule has 3 aromatic carbocycles. The van der Waals surface area contributed by atoms with Gasteiger partial charge in [-0.25, -0.2) is 4.79 Å². The number of aromatic nitrogens is 1. The summed E-state index contributed by atoms with van der Waals surface area (Å²) in [6.07, 6.45) is 0. The van der Waals surface area contributed by atoms with Gasteiger partial charge in [0.1, 0.15) is 11.5 Å². The molecule has 4 aromatic rings. The van der Waals surface area contributed by atoms with Crippen LogP contribution in [0, 0.1) is 6.92 Å². The summed E-state index contributed by atoms with van der Waals surface area (Å²) in [6, 6.07) is 22.4. The van der Waals surface area contributed by atoms with Gasteiger partial charge in [0.15, 0.2) is 11.4 Å². The number of carboxylic acids is 1. The zero-order valence-corrected chi connectivity index (χ0v) is 19.7. The average molecular weight is 458 g/mol. The standard InChI is InChI=1S/C28H27NO5/c1-18-25(26(30)20-10-12-21(33-4)13-11-20)23-15-14-22(34-28(2,3)27(31)32)16-24(23)29(18)17-19-8-6-5-7-9-19/h5-16H,17H2,1-4H3,(H,31,32). The zero-order chi connectivity index (χ0) is 24.5. The Morgan fingerprint density at radius 3 is 2.21 bits per heavy atom. The molecule has 1 N–H and O–H groups in total. The quantitative estimate of drug-likeness (QED) is 0.355. The second-order valence-electron chi connectivity index (χ2n) is 8.69. The number of rotatable bonds is 8. The van der Waals surface area contributed by atoms with Crippen molar-refractivity contribution in [3.63, 3.8) is 0 Å². The van der Waals surface area contributed by atoms with Crippen LogP contribution < -0.4 is 9.47 Å². The van der Waals surface area contributed by atoms with E-state index in [1.54, 1.807) is 43.5 Å². The van der Waals surface area contributed by atoms with E-state index in [9.17, 15) is 14.7 Å². The number of carboxylic acid groups (broad SMARTS) is 1. The van der Waals surface area contributed by atoms with Crippen LogP contribution in [0.4, 0.5) is 0 Å². The van der Waals surface area contributed by atoms with Crippen LogP contribution in [0.5, 0.6) is 11.5 Å². The third-order valence-electron chi connectivity index (χ3n) is 5.95. The van der Waals surface area contributed by atoms with Crippen LogP contribution in [0.3, 0.4) is 0 Å². The third-order valence-corrected chi connectivity index (χ3v) is 5.95. The minimum atomic E-state index is -1.39. The van der Waals surface area contributed by atoms with E-state index in [-0.39, 0.29) is 5.78 Å². The molecule has 0 bridgehead atoms. The van der Waals surface area contributed by atoms with Crippen molar-refractivity contribution < 1.29 is 24.2 Å². The molecule has 0 aliphatic rings. The molecule has 1 heterocycles. The second kappa shape index (κ2) is 9.06. The average Bonchev–Trinajstić information content (AvgIpc) is 3.09. The molecule has 0 radical (unpaired) electrons. The number of ether oxygens (including phenoxy) is 2. The summed E-state index contributed by atoms with van der Waals surface area (Å²) in [6.45, 7) is 5.51. The van der Waals surface area contributed by atoms with Crippen molar-refractivity contribution >= 4 is 22.7 Å². The molecule has 0 unspecified atom stereocenters. The lowest BCUT2D eigenvalue weighted by atomic mass is 10.0. The van der Waals surface area contributed by atoms with Crippen LogP contribution in [0.15, 0.2) is 72.8 Å². The first kappa shape index (κ1) is 23.1. The number of ketones is 1. The van der Waals surface area contributed by atoms with E-state index in [4.69, 9.17) is 9.47 Å². The van der Waals surface area contributed by atoms with Crippen molar-refractivity contribution in [2.75, 3.05) is 7.11 Å². The van der Waals surface area contributed by atoms with Crippen LogP contribution >= 0.6 is 0 Å². The third kappa shape index (κ3) is 4.39. The summed E-state index contributed by atoms with van der Waals surface area (Å²) in [5.74, 6) is -0.0342. The molecule has 0 amide bonds. The van der Waals surface area contributed by atoms with Gasteiger partial charge in [-0.05, 0) is 62.7 Å². The van der Waals surface area contributed by atoms with Crippen LogP contribution in [-0.4, -0.2) is 34.1 Å². The first-order valence-electron chi connectivity index (χ1n) is 11.0. The van der Waals surface area contributed by atoms with Gasteiger partial charge < -0.3 is 19.1 Å². The Morgan fingerprint density at radius 2 is 1.59 bits per heavy atom. The molecule has 0 saturated heterocycles. The number of nitrogens with zero attached hydrogens (tertiary/aromatic N) is 1. The Kier molecular flexibility index (Phi) is 6.16. The maximum Gasteiger partial charge on any atom is 0.347 e. The fourth-order valence-electron chi connectivity index (χ4n) is 4.00. The molecule has 6 nitrogen and oxygen atoms in total. The summed E-state index contributed by atoms with van der Waals surface area (Å²) in [4.78, 5) is 25.1. The molecule has 0 fully saturated rings. The SMILES string of the molecule is COc1ccc(C(=O)c2c(C)n(Cc3ccccc3)c3cc(OC(C)(C)C(=O)O)ccc23)cc1. The number of hydrogen-bond donors (Lipinski definition) is 1. The van der Waals surface area contributed by atoms with Crippen molar-refractivity contribution in [1.82, 2.24) is 4.57 Å². The number of methoxy groups -OCH3 is 1.